The lowest BCUT2D eigenvalue weighted by Gasteiger charge is -2.22. The molecule has 0 unspecified atom stereocenters. The predicted octanol–water partition coefficient (Wildman–Crippen LogP) is 3.87. The van der Waals surface area contributed by atoms with E-state index in [1.54, 1.807) is 12.1 Å². The first-order valence-electron chi connectivity index (χ1n) is 10.6. The maximum absolute atomic E-state index is 12.9. The monoisotopic (exact) mass is 412 g/mol. The highest BCUT2D eigenvalue weighted by molar-refractivity contribution is 6.20. The summed E-state index contributed by atoms with van der Waals surface area (Å²) >= 11 is 0. The topological polar surface area (TPSA) is 94.3 Å². The van der Waals surface area contributed by atoms with Crippen molar-refractivity contribution in [2.24, 2.45) is 4.99 Å². The van der Waals surface area contributed by atoms with Gasteiger partial charge in [-0.2, -0.15) is 5.26 Å². The highest BCUT2D eigenvalue weighted by atomic mass is 16.2. The maximum atomic E-state index is 12.9. The summed E-state index contributed by atoms with van der Waals surface area (Å²) in [5.74, 6) is -0.358. The Balaban J connectivity index is 1.64. The van der Waals surface area contributed by atoms with Gasteiger partial charge in [0.15, 0.2) is 0 Å². The number of amidine groups is 1. The third-order valence-electron chi connectivity index (χ3n) is 5.72. The minimum Gasteiger partial charge on any atom is -0.349 e. The van der Waals surface area contributed by atoms with Crippen molar-refractivity contribution in [3.63, 3.8) is 0 Å². The number of carbonyl (C=O) groups is 2. The summed E-state index contributed by atoms with van der Waals surface area (Å²) in [5, 5.41) is 15.6. The van der Waals surface area contributed by atoms with E-state index < -0.39 is 5.91 Å². The fourth-order valence-electron chi connectivity index (χ4n) is 4.01. The van der Waals surface area contributed by atoms with Gasteiger partial charge in [0.25, 0.3) is 11.8 Å². The Kier molecular flexibility index (Phi) is 5.94. The molecule has 1 aliphatic heterocycles. The molecule has 2 aromatic rings. The summed E-state index contributed by atoms with van der Waals surface area (Å²) in [6.45, 7) is 1.96. The van der Waals surface area contributed by atoms with Crippen molar-refractivity contribution in [3.05, 3.63) is 76.4 Å². The first-order chi connectivity index (χ1) is 15.1. The van der Waals surface area contributed by atoms with Gasteiger partial charge in [0.2, 0.25) is 0 Å². The number of benzene rings is 2. The van der Waals surface area contributed by atoms with Crippen molar-refractivity contribution in [2.75, 3.05) is 0 Å². The van der Waals surface area contributed by atoms with Crippen LogP contribution in [0.15, 0.2) is 59.1 Å². The summed E-state index contributed by atoms with van der Waals surface area (Å²) in [5.41, 5.74) is 3.20. The second-order valence-electron chi connectivity index (χ2n) is 7.97. The van der Waals surface area contributed by atoms with Crippen LogP contribution in [0.5, 0.6) is 0 Å². The van der Waals surface area contributed by atoms with Gasteiger partial charge in [-0.15, -0.1) is 0 Å². The lowest BCUT2D eigenvalue weighted by Crippen LogP contribution is -2.37. The molecule has 1 heterocycles. The van der Waals surface area contributed by atoms with Gasteiger partial charge in [0.05, 0.1) is 5.70 Å². The second-order valence-corrected chi connectivity index (χ2v) is 7.97. The lowest BCUT2D eigenvalue weighted by atomic mass is 9.95. The fraction of sp³-hybridized carbons (Fsp3) is 0.280. The van der Waals surface area contributed by atoms with Crippen LogP contribution in [-0.2, 0) is 4.79 Å². The van der Waals surface area contributed by atoms with Crippen molar-refractivity contribution in [3.8, 4) is 6.07 Å². The quantitative estimate of drug-likeness (QED) is 0.592. The van der Waals surface area contributed by atoms with Crippen LogP contribution < -0.4 is 10.6 Å². The number of nitrogens with one attached hydrogen (secondary N) is 2. The third-order valence-corrected chi connectivity index (χ3v) is 5.72. The molecule has 4 rings (SSSR count). The lowest BCUT2D eigenvalue weighted by molar-refractivity contribution is -0.117. The zero-order valence-corrected chi connectivity index (χ0v) is 17.4. The summed E-state index contributed by atoms with van der Waals surface area (Å²) in [6, 6.07) is 16.7. The molecule has 0 atom stereocenters. The van der Waals surface area contributed by atoms with Gasteiger partial charge in [-0.05, 0) is 31.9 Å². The second kappa shape index (κ2) is 8.97. The van der Waals surface area contributed by atoms with Gasteiger partial charge < -0.3 is 10.6 Å². The van der Waals surface area contributed by atoms with Crippen LogP contribution in [0.25, 0.3) is 5.70 Å². The Morgan fingerprint density at radius 1 is 1.00 bits per heavy atom. The van der Waals surface area contributed by atoms with E-state index in [1.807, 2.05) is 49.4 Å². The van der Waals surface area contributed by atoms with E-state index in [0.717, 1.165) is 31.2 Å². The maximum Gasteiger partial charge on any atom is 0.264 e. The normalized spacial score (nSPS) is 17.2. The highest BCUT2D eigenvalue weighted by Crippen LogP contribution is 2.31. The van der Waals surface area contributed by atoms with Crippen LogP contribution in [0.3, 0.4) is 0 Å². The Hall–Kier alpha value is -3.72. The van der Waals surface area contributed by atoms with Crippen molar-refractivity contribution < 1.29 is 9.59 Å². The largest absolute Gasteiger partial charge is 0.349 e. The molecule has 0 bridgehead atoms. The number of aliphatic imine (C=N–C) groups is 1. The molecule has 0 aromatic heterocycles. The van der Waals surface area contributed by atoms with E-state index in [2.05, 4.69) is 15.6 Å². The smallest absolute Gasteiger partial charge is 0.264 e. The van der Waals surface area contributed by atoms with E-state index in [9.17, 15) is 14.9 Å². The van der Waals surface area contributed by atoms with Crippen LogP contribution in [0.4, 0.5) is 0 Å². The number of fused-ring (bicyclic) bond motifs is 1. The Labute approximate surface area is 181 Å². The Morgan fingerprint density at radius 3 is 2.35 bits per heavy atom. The molecule has 2 aliphatic rings. The predicted molar refractivity (Wildman–Crippen MR) is 119 cm³/mol. The first-order valence-corrected chi connectivity index (χ1v) is 10.6. The van der Waals surface area contributed by atoms with Gasteiger partial charge in [-0.3, -0.25) is 9.59 Å². The van der Waals surface area contributed by atoms with E-state index in [4.69, 9.17) is 0 Å². The van der Waals surface area contributed by atoms with Crippen LogP contribution in [0.1, 0.15) is 59.2 Å². The molecule has 1 saturated carbocycles. The van der Waals surface area contributed by atoms with Crippen molar-refractivity contribution in [1.29, 1.82) is 5.26 Å². The molecule has 1 fully saturated rings. The minimum atomic E-state index is -0.408. The number of carbonyl (C=O) groups excluding carboxylic acids is 2. The van der Waals surface area contributed by atoms with Crippen molar-refractivity contribution in [1.82, 2.24) is 10.6 Å². The van der Waals surface area contributed by atoms with Gasteiger partial charge in [0, 0.05) is 22.7 Å². The Morgan fingerprint density at radius 2 is 1.68 bits per heavy atom. The minimum absolute atomic E-state index is 0.0300. The van der Waals surface area contributed by atoms with Gasteiger partial charge >= 0.3 is 0 Å². The third kappa shape index (κ3) is 4.41. The molecule has 2 N–H and O–H groups in total. The average molecular weight is 412 g/mol. The number of hydrogen-bond acceptors (Lipinski definition) is 4. The summed E-state index contributed by atoms with van der Waals surface area (Å²) in [6.07, 6.45) is 5.20. The zero-order valence-electron chi connectivity index (χ0n) is 17.4. The molecular weight excluding hydrogens is 388 g/mol. The Bertz CT molecular complexity index is 1120. The molecular formula is C25H24N4O2. The van der Waals surface area contributed by atoms with Crippen LogP contribution in [-0.4, -0.2) is 23.7 Å². The highest BCUT2D eigenvalue weighted by Gasteiger charge is 2.28. The summed E-state index contributed by atoms with van der Waals surface area (Å²) < 4.78 is 0. The van der Waals surface area contributed by atoms with E-state index in [1.165, 1.54) is 6.42 Å². The number of nitrogens with zero attached hydrogens (tertiary/aromatic N) is 2. The molecule has 156 valence electrons. The van der Waals surface area contributed by atoms with Crippen molar-refractivity contribution >= 4 is 23.3 Å². The van der Waals surface area contributed by atoms with Gasteiger partial charge in [0.1, 0.15) is 17.5 Å². The zero-order chi connectivity index (χ0) is 21.8. The van der Waals surface area contributed by atoms with E-state index in [-0.39, 0.29) is 17.5 Å². The molecule has 0 spiro atoms. The summed E-state index contributed by atoms with van der Waals surface area (Å²) in [7, 11) is 0. The van der Waals surface area contributed by atoms with E-state index >= 15 is 0 Å². The number of nitriles is 1. The van der Waals surface area contributed by atoms with Crippen molar-refractivity contribution in [2.45, 2.75) is 45.1 Å². The molecule has 31 heavy (non-hydrogen) atoms. The van der Waals surface area contributed by atoms with E-state index in [0.29, 0.717) is 28.2 Å². The standard InChI is InChI=1S/C25H24N4O2/c1-16-11-13-17(14-12-16)24(30)29-23-20-10-6-5-9-19(20)22(28-23)21(15-26)25(31)27-18-7-3-2-4-8-18/h5-6,9-14,18H,2-4,7-8H2,1H3,(H,27,31)(H,28,29,30). The first kappa shape index (κ1) is 20.5. The number of hydrogen-bond donors (Lipinski definition) is 2. The summed E-state index contributed by atoms with van der Waals surface area (Å²) in [4.78, 5) is 30.1. The molecule has 2 aromatic carbocycles. The van der Waals surface area contributed by atoms with Crippen LogP contribution >= 0.6 is 0 Å². The molecule has 6 nitrogen and oxygen atoms in total. The molecule has 0 saturated heterocycles. The van der Waals surface area contributed by atoms with Gasteiger partial charge in [-0.1, -0.05) is 61.2 Å². The number of aryl methyl sites for hydroxylation is 1. The number of rotatable bonds is 3. The molecule has 6 heteroatoms. The van der Waals surface area contributed by atoms with Crippen LogP contribution in [0, 0.1) is 18.3 Å². The van der Waals surface area contributed by atoms with Crippen LogP contribution in [0.2, 0.25) is 0 Å². The number of amides is 2. The molecule has 1 aliphatic carbocycles. The molecule has 2 amide bonds. The SMILES string of the molecule is Cc1ccc(C(=O)NC2=NC(=C(C#N)C(=O)NC3CCCCC3)c3ccccc32)cc1. The average Bonchev–Trinajstić information content (AvgIpc) is 3.13. The van der Waals surface area contributed by atoms with Gasteiger partial charge in [-0.25, -0.2) is 4.99 Å². The fourth-order valence-corrected chi connectivity index (χ4v) is 4.01. The molecule has 0 radical (unpaired) electrons.